The van der Waals surface area contributed by atoms with Gasteiger partial charge in [-0.05, 0) is 60.5 Å². The maximum absolute atomic E-state index is 6.23. The van der Waals surface area contributed by atoms with Gasteiger partial charge in [0.2, 0.25) is 0 Å². The van der Waals surface area contributed by atoms with Crippen molar-refractivity contribution >= 4 is 27.5 Å². The normalized spacial score (nSPS) is 10.8. The summed E-state index contributed by atoms with van der Waals surface area (Å²) >= 11 is 9.79. The third-order valence-corrected chi connectivity index (χ3v) is 5.15. The molecular weight excluding hydrogens is 418 g/mol. The summed E-state index contributed by atoms with van der Waals surface area (Å²) in [6.07, 6.45) is 0. The van der Waals surface area contributed by atoms with Crippen molar-refractivity contribution < 1.29 is 0 Å². The molecule has 3 heteroatoms. The first kappa shape index (κ1) is 18.0. The van der Waals surface area contributed by atoms with Gasteiger partial charge in [-0.3, -0.25) is 0 Å². The van der Waals surface area contributed by atoms with Crippen LogP contribution in [0.15, 0.2) is 89.4 Å². The Kier molecular flexibility index (Phi) is 5.11. The van der Waals surface area contributed by atoms with E-state index in [9.17, 15) is 0 Å². The van der Waals surface area contributed by atoms with Crippen molar-refractivity contribution in [3.05, 3.63) is 100.0 Å². The van der Waals surface area contributed by atoms with E-state index in [1.807, 2.05) is 30.3 Å². The van der Waals surface area contributed by atoms with Crippen molar-refractivity contribution in [1.29, 1.82) is 0 Å². The fourth-order valence-corrected chi connectivity index (χ4v) is 3.70. The van der Waals surface area contributed by atoms with Crippen molar-refractivity contribution in [3.63, 3.8) is 0 Å². The predicted molar refractivity (Wildman–Crippen MR) is 118 cm³/mol. The van der Waals surface area contributed by atoms with E-state index < -0.39 is 0 Å². The predicted octanol–water partition coefficient (Wildman–Crippen LogP) is 7.81. The molecule has 0 N–H and O–H groups in total. The zero-order valence-corrected chi connectivity index (χ0v) is 17.1. The van der Waals surface area contributed by atoms with E-state index in [2.05, 4.69) is 77.5 Å². The zero-order chi connectivity index (χ0) is 18.8. The van der Waals surface area contributed by atoms with Gasteiger partial charge in [0.15, 0.2) is 0 Å². The van der Waals surface area contributed by atoms with Crippen molar-refractivity contribution in [3.8, 4) is 33.6 Å². The van der Waals surface area contributed by atoms with Crippen molar-refractivity contribution in [2.75, 3.05) is 0 Å². The van der Waals surface area contributed by atoms with Crippen molar-refractivity contribution in [1.82, 2.24) is 4.98 Å². The van der Waals surface area contributed by atoms with Gasteiger partial charge in [-0.2, -0.15) is 0 Å². The summed E-state index contributed by atoms with van der Waals surface area (Å²) in [6.45, 7) is 2.10. The number of aryl methyl sites for hydroxylation is 1. The van der Waals surface area contributed by atoms with Gasteiger partial charge in [-0.1, -0.05) is 75.6 Å². The van der Waals surface area contributed by atoms with E-state index in [1.54, 1.807) is 0 Å². The lowest BCUT2D eigenvalue weighted by Gasteiger charge is -2.11. The molecule has 3 aromatic carbocycles. The Labute approximate surface area is 172 Å². The first-order chi connectivity index (χ1) is 13.1. The van der Waals surface area contributed by atoms with Gasteiger partial charge >= 0.3 is 0 Å². The molecule has 0 radical (unpaired) electrons. The average Bonchev–Trinajstić information content (AvgIpc) is 2.68. The van der Waals surface area contributed by atoms with Crippen LogP contribution in [-0.2, 0) is 0 Å². The van der Waals surface area contributed by atoms with Crippen LogP contribution < -0.4 is 0 Å². The van der Waals surface area contributed by atoms with Gasteiger partial charge in [-0.25, -0.2) is 4.98 Å². The molecule has 0 aliphatic rings. The number of hydrogen-bond acceptors (Lipinski definition) is 1. The molecule has 1 heterocycles. The third kappa shape index (κ3) is 4.13. The minimum atomic E-state index is 0.727. The lowest BCUT2D eigenvalue weighted by Crippen LogP contribution is -1.91. The molecule has 0 fully saturated rings. The van der Waals surface area contributed by atoms with Gasteiger partial charge in [-0.15, -0.1) is 0 Å². The highest BCUT2D eigenvalue weighted by Gasteiger charge is 2.10. The molecule has 1 nitrogen and oxygen atoms in total. The molecule has 27 heavy (non-hydrogen) atoms. The van der Waals surface area contributed by atoms with Gasteiger partial charge in [0.1, 0.15) is 0 Å². The molecular formula is C24H17BrClN. The Hall–Kier alpha value is -2.42. The van der Waals surface area contributed by atoms with Crippen LogP contribution in [0.5, 0.6) is 0 Å². The number of rotatable bonds is 3. The second-order valence-electron chi connectivity index (χ2n) is 6.52. The summed E-state index contributed by atoms with van der Waals surface area (Å²) in [5, 5.41) is 0.727. The molecule has 1 aromatic heterocycles. The van der Waals surface area contributed by atoms with Crippen LogP contribution in [-0.4, -0.2) is 4.98 Å². The molecule has 0 aliphatic carbocycles. The first-order valence-corrected chi connectivity index (χ1v) is 9.86. The summed E-state index contributed by atoms with van der Waals surface area (Å²) in [5.41, 5.74) is 7.45. The summed E-state index contributed by atoms with van der Waals surface area (Å²) in [5.74, 6) is 0. The quantitative estimate of drug-likeness (QED) is 0.320. The van der Waals surface area contributed by atoms with E-state index in [1.165, 1.54) is 5.56 Å². The fraction of sp³-hybridized carbons (Fsp3) is 0.0417. The maximum Gasteiger partial charge on any atom is 0.0716 e. The molecule has 4 rings (SSSR count). The second-order valence-corrected chi connectivity index (χ2v) is 7.87. The standard InChI is InChI=1S/C24H17BrClN/c1-16-5-2-7-18(11-16)23-14-20(17-6-4-10-22(26)13-17)15-24(27-23)19-8-3-9-21(25)12-19/h2-15H,1H3. The fourth-order valence-electron chi connectivity index (χ4n) is 3.11. The highest BCUT2D eigenvalue weighted by molar-refractivity contribution is 9.10. The highest BCUT2D eigenvalue weighted by Crippen LogP contribution is 2.32. The maximum atomic E-state index is 6.23. The highest BCUT2D eigenvalue weighted by atomic mass is 79.9. The number of benzene rings is 3. The van der Waals surface area contributed by atoms with Crippen LogP contribution >= 0.6 is 27.5 Å². The monoisotopic (exact) mass is 433 g/mol. The summed E-state index contributed by atoms with van der Waals surface area (Å²) in [7, 11) is 0. The molecule has 0 saturated carbocycles. The van der Waals surface area contributed by atoms with E-state index >= 15 is 0 Å². The van der Waals surface area contributed by atoms with Crippen LogP contribution in [0, 0.1) is 6.92 Å². The number of pyridine rings is 1. The molecule has 0 unspecified atom stereocenters. The number of aromatic nitrogens is 1. The Morgan fingerprint density at radius 2 is 1.30 bits per heavy atom. The average molecular weight is 435 g/mol. The first-order valence-electron chi connectivity index (χ1n) is 8.69. The van der Waals surface area contributed by atoms with Gasteiger partial charge < -0.3 is 0 Å². The Balaban J connectivity index is 1.94. The SMILES string of the molecule is Cc1cccc(-c2cc(-c3cccc(Cl)c3)cc(-c3cccc(Br)c3)n2)c1. The van der Waals surface area contributed by atoms with E-state index in [0.29, 0.717) is 0 Å². The van der Waals surface area contributed by atoms with Crippen molar-refractivity contribution in [2.24, 2.45) is 0 Å². The van der Waals surface area contributed by atoms with Crippen LogP contribution in [0.25, 0.3) is 33.6 Å². The number of hydrogen-bond donors (Lipinski definition) is 0. The topological polar surface area (TPSA) is 12.9 Å². The molecule has 0 bridgehead atoms. The van der Waals surface area contributed by atoms with Gasteiger partial charge in [0, 0.05) is 20.6 Å². The molecule has 0 spiro atoms. The van der Waals surface area contributed by atoms with Crippen molar-refractivity contribution in [2.45, 2.75) is 6.92 Å². The molecule has 4 aromatic rings. The smallest absolute Gasteiger partial charge is 0.0716 e. The molecule has 0 amide bonds. The number of halogens is 2. The van der Waals surface area contributed by atoms with E-state index in [4.69, 9.17) is 16.6 Å². The number of nitrogens with zero attached hydrogens (tertiary/aromatic N) is 1. The lowest BCUT2D eigenvalue weighted by molar-refractivity contribution is 1.31. The van der Waals surface area contributed by atoms with E-state index in [0.717, 1.165) is 43.1 Å². The second kappa shape index (κ2) is 7.67. The minimum Gasteiger partial charge on any atom is -0.248 e. The van der Waals surface area contributed by atoms with Crippen LogP contribution in [0.1, 0.15) is 5.56 Å². The van der Waals surface area contributed by atoms with E-state index in [-0.39, 0.29) is 0 Å². The summed E-state index contributed by atoms with van der Waals surface area (Å²) in [4.78, 5) is 4.95. The summed E-state index contributed by atoms with van der Waals surface area (Å²) in [6, 6.07) is 28.8. The molecule has 0 atom stereocenters. The van der Waals surface area contributed by atoms with Crippen LogP contribution in [0.2, 0.25) is 5.02 Å². The van der Waals surface area contributed by atoms with Gasteiger partial charge in [0.05, 0.1) is 11.4 Å². The lowest BCUT2D eigenvalue weighted by atomic mass is 9.99. The van der Waals surface area contributed by atoms with Gasteiger partial charge in [0.25, 0.3) is 0 Å². The minimum absolute atomic E-state index is 0.727. The Morgan fingerprint density at radius 3 is 1.96 bits per heavy atom. The zero-order valence-electron chi connectivity index (χ0n) is 14.8. The summed E-state index contributed by atoms with van der Waals surface area (Å²) < 4.78 is 1.03. The molecule has 0 aliphatic heterocycles. The Bertz CT molecular complexity index is 967. The van der Waals surface area contributed by atoms with Crippen LogP contribution in [0.4, 0.5) is 0 Å². The molecule has 132 valence electrons. The van der Waals surface area contributed by atoms with Crippen LogP contribution in [0.3, 0.4) is 0 Å². The Morgan fingerprint density at radius 1 is 0.667 bits per heavy atom. The third-order valence-electron chi connectivity index (χ3n) is 4.42. The molecule has 0 saturated heterocycles. The largest absolute Gasteiger partial charge is 0.248 e.